The van der Waals surface area contributed by atoms with Crippen molar-refractivity contribution in [1.29, 1.82) is 0 Å². The standard InChI is InChI=1S/C28H30N2O3/c1-17(2)16-32-21-11-9-19(10-12-21)20-14-24-27(25(31)15-20)28(26-13-8-18(3)33-26)30-23-7-5-4-6-22(23)29-24/h4-13,17,20,28-30H,14-16H2,1-3H3. The number of hydrogen-bond acceptors (Lipinski definition) is 5. The van der Waals surface area contributed by atoms with Crippen LogP contribution in [0.15, 0.2) is 76.4 Å². The first-order valence-electron chi connectivity index (χ1n) is 11.7. The van der Waals surface area contributed by atoms with Gasteiger partial charge < -0.3 is 19.8 Å². The lowest BCUT2D eigenvalue weighted by molar-refractivity contribution is -0.116. The lowest BCUT2D eigenvalue weighted by Gasteiger charge is -2.29. The van der Waals surface area contributed by atoms with Crippen LogP contribution in [0.25, 0.3) is 0 Å². The van der Waals surface area contributed by atoms with E-state index in [2.05, 4.69) is 36.6 Å². The highest BCUT2D eigenvalue weighted by molar-refractivity contribution is 6.01. The smallest absolute Gasteiger partial charge is 0.163 e. The van der Waals surface area contributed by atoms with Gasteiger partial charge in [-0.1, -0.05) is 38.1 Å². The number of ketones is 1. The number of nitrogens with one attached hydrogen (secondary N) is 2. The van der Waals surface area contributed by atoms with Crippen LogP contribution in [0.4, 0.5) is 11.4 Å². The monoisotopic (exact) mass is 442 g/mol. The van der Waals surface area contributed by atoms with Crippen molar-refractivity contribution < 1.29 is 13.9 Å². The predicted molar refractivity (Wildman–Crippen MR) is 131 cm³/mol. The lowest BCUT2D eigenvalue weighted by Crippen LogP contribution is -2.26. The number of para-hydroxylation sites is 2. The maximum absolute atomic E-state index is 13.5. The summed E-state index contributed by atoms with van der Waals surface area (Å²) in [6.07, 6.45) is 1.24. The van der Waals surface area contributed by atoms with Gasteiger partial charge in [-0.15, -0.1) is 0 Å². The van der Waals surface area contributed by atoms with E-state index in [1.807, 2.05) is 55.5 Å². The largest absolute Gasteiger partial charge is 0.493 e. The van der Waals surface area contributed by atoms with E-state index in [0.29, 0.717) is 18.9 Å². The van der Waals surface area contributed by atoms with Gasteiger partial charge in [0.1, 0.15) is 23.3 Å². The molecule has 0 saturated heterocycles. The predicted octanol–water partition coefficient (Wildman–Crippen LogP) is 6.60. The van der Waals surface area contributed by atoms with Gasteiger partial charge in [0, 0.05) is 17.7 Å². The Balaban J connectivity index is 1.47. The SMILES string of the molecule is Cc1ccc(C2Nc3ccccc3NC3=C2C(=O)CC(c2ccc(OCC(C)C)cc2)C3)o1. The lowest BCUT2D eigenvalue weighted by atomic mass is 9.79. The van der Waals surface area contributed by atoms with Gasteiger partial charge in [-0.2, -0.15) is 0 Å². The van der Waals surface area contributed by atoms with Crippen molar-refractivity contribution in [2.45, 2.75) is 45.6 Å². The molecule has 0 saturated carbocycles. The minimum absolute atomic E-state index is 0.118. The van der Waals surface area contributed by atoms with Crippen LogP contribution in [0.2, 0.25) is 0 Å². The third-order valence-electron chi connectivity index (χ3n) is 6.29. The van der Waals surface area contributed by atoms with Crippen molar-refractivity contribution in [3.8, 4) is 5.75 Å². The molecule has 2 aromatic carbocycles. The van der Waals surface area contributed by atoms with E-state index in [4.69, 9.17) is 9.15 Å². The Morgan fingerprint density at radius 2 is 1.76 bits per heavy atom. The van der Waals surface area contributed by atoms with Crippen LogP contribution in [0.5, 0.6) is 5.75 Å². The highest BCUT2D eigenvalue weighted by Crippen LogP contribution is 2.44. The number of hydrogen-bond donors (Lipinski definition) is 2. The Bertz CT molecular complexity index is 1190. The fraction of sp³-hybridized carbons (Fsp3) is 0.321. The second-order valence-corrected chi connectivity index (χ2v) is 9.39. The first kappa shape index (κ1) is 21.4. The molecule has 5 heteroatoms. The van der Waals surface area contributed by atoms with Gasteiger partial charge in [0.05, 0.1) is 18.0 Å². The zero-order chi connectivity index (χ0) is 22.9. The molecule has 2 heterocycles. The van der Waals surface area contributed by atoms with E-state index >= 15 is 0 Å². The van der Waals surface area contributed by atoms with Crippen molar-refractivity contribution in [1.82, 2.24) is 0 Å². The molecule has 33 heavy (non-hydrogen) atoms. The normalized spacial score (nSPS) is 19.9. The Morgan fingerprint density at radius 3 is 2.45 bits per heavy atom. The van der Waals surface area contributed by atoms with E-state index in [-0.39, 0.29) is 17.7 Å². The fourth-order valence-corrected chi connectivity index (χ4v) is 4.65. The summed E-state index contributed by atoms with van der Waals surface area (Å²) in [4.78, 5) is 13.5. The van der Waals surface area contributed by atoms with Gasteiger partial charge in [-0.25, -0.2) is 0 Å². The van der Waals surface area contributed by atoms with Gasteiger partial charge in [0.25, 0.3) is 0 Å². The Morgan fingerprint density at radius 1 is 1.00 bits per heavy atom. The van der Waals surface area contributed by atoms with Crippen molar-refractivity contribution in [3.63, 3.8) is 0 Å². The average molecular weight is 443 g/mol. The maximum atomic E-state index is 13.5. The van der Waals surface area contributed by atoms with Gasteiger partial charge in [-0.3, -0.25) is 4.79 Å². The quantitative estimate of drug-likeness (QED) is 0.466. The zero-order valence-corrected chi connectivity index (χ0v) is 19.4. The van der Waals surface area contributed by atoms with Crippen LogP contribution in [-0.2, 0) is 4.79 Å². The molecular formula is C28H30N2O3. The number of fused-ring (bicyclic) bond motifs is 1. The summed E-state index contributed by atoms with van der Waals surface area (Å²) in [6, 6.07) is 19.9. The summed E-state index contributed by atoms with van der Waals surface area (Å²) in [5, 5.41) is 7.12. The zero-order valence-electron chi connectivity index (χ0n) is 19.4. The second kappa shape index (κ2) is 8.81. The summed E-state index contributed by atoms with van der Waals surface area (Å²) in [7, 11) is 0. The summed E-state index contributed by atoms with van der Waals surface area (Å²) in [5.74, 6) is 3.21. The maximum Gasteiger partial charge on any atom is 0.163 e. The van der Waals surface area contributed by atoms with Crippen LogP contribution in [-0.4, -0.2) is 12.4 Å². The Kier molecular flexibility index (Phi) is 5.71. The van der Waals surface area contributed by atoms with Gasteiger partial charge >= 0.3 is 0 Å². The molecule has 170 valence electrons. The number of furan rings is 1. The van der Waals surface area contributed by atoms with E-state index in [0.717, 1.165) is 51.9 Å². The highest BCUT2D eigenvalue weighted by Gasteiger charge is 2.37. The van der Waals surface area contributed by atoms with Crippen molar-refractivity contribution in [3.05, 3.63) is 89.0 Å². The first-order chi connectivity index (χ1) is 16.0. The Labute approximate surface area is 194 Å². The molecule has 0 radical (unpaired) electrons. The molecule has 2 aliphatic rings. The number of carbonyl (C=O) groups excluding carboxylic acids is 1. The minimum Gasteiger partial charge on any atom is -0.493 e. The molecule has 2 unspecified atom stereocenters. The second-order valence-electron chi connectivity index (χ2n) is 9.39. The van der Waals surface area contributed by atoms with Crippen LogP contribution in [0.1, 0.15) is 55.7 Å². The Hall–Kier alpha value is -3.47. The molecule has 1 aliphatic heterocycles. The van der Waals surface area contributed by atoms with Crippen LogP contribution in [0.3, 0.4) is 0 Å². The molecular weight excluding hydrogens is 412 g/mol. The number of allylic oxidation sites excluding steroid dienone is 1. The number of anilines is 2. The number of Topliss-reactive ketones (excluding diaryl/α,β-unsaturated/α-hetero) is 1. The molecule has 2 N–H and O–H groups in total. The number of aryl methyl sites for hydroxylation is 1. The van der Waals surface area contributed by atoms with Crippen molar-refractivity contribution in [2.24, 2.45) is 5.92 Å². The molecule has 0 bridgehead atoms. The topological polar surface area (TPSA) is 63.5 Å². The molecule has 0 spiro atoms. The number of benzene rings is 2. The summed E-state index contributed by atoms with van der Waals surface area (Å²) in [5.41, 5.74) is 4.83. The number of carbonyl (C=O) groups is 1. The van der Waals surface area contributed by atoms with Gasteiger partial charge in [0.15, 0.2) is 5.78 Å². The molecule has 0 fully saturated rings. The molecule has 2 atom stereocenters. The molecule has 1 aromatic heterocycles. The number of ether oxygens (including phenoxy) is 1. The summed E-state index contributed by atoms with van der Waals surface area (Å²) >= 11 is 0. The fourth-order valence-electron chi connectivity index (χ4n) is 4.65. The van der Waals surface area contributed by atoms with Crippen LogP contribution < -0.4 is 15.4 Å². The van der Waals surface area contributed by atoms with E-state index < -0.39 is 0 Å². The van der Waals surface area contributed by atoms with Crippen LogP contribution in [0, 0.1) is 12.8 Å². The average Bonchev–Trinajstić information content (AvgIpc) is 3.15. The molecule has 0 amide bonds. The third kappa shape index (κ3) is 4.40. The number of rotatable bonds is 5. The molecule has 5 nitrogen and oxygen atoms in total. The van der Waals surface area contributed by atoms with E-state index in [9.17, 15) is 4.79 Å². The van der Waals surface area contributed by atoms with E-state index in [1.165, 1.54) is 0 Å². The van der Waals surface area contributed by atoms with Gasteiger partial charge in [0.2, 0.25) is 0 Å². The highest BCUT2D eigenvalue weighted by atomic mass is 16.5. The first-order valence-corrected chi connectivity index (χ1v) is 11.7. The molecule has 1 aliphatic carbocycles. The minimum atomic E-state index is -0.315. The summed E-state index contributed by atoms with van der Waals surface area (Å²) in [6.45, 7) is 6.89. The summed E-state index contributed by atoms with van der Waals surface area (Å²) < 4.78 is 11.8. The van der Waals surface area contributed by atoms with Crippen molar-refractivity contribution in [2.75, 3.05) is 17.2 Å². The molecule has 3 aromatic rings. The van der Waals surface area contributed by atoms with E-state index in [1.54, 1.807) is 0 Å². The third-order valence-corrected chi connectivity index (χ3v) is 6.29. The van der Waals surface area contributed by atoms with Crippen molar-refractivity contribution >= 4 is 17.2 Å². The van der Waals surface area contributed by atoms with Gasteiger partial charge in [-0.05, 0) is 67.1 Å². The molecule has 5 rings (SSSR count). The van der Waals surface area contributed by atoms with Crippen LogP contribution >= 0.6 is 0 Å².